The highest BCUT2D eigenvalue weighted by molar-refractivity contribution is 6.72. The van der Waals surface area contributed by atoms with E-state index in [0.29, 0.717) is 0 Å². The normalized spacial score (nSPS) is 29.8. The number of terminal acetylenes is 1. The van der Waals surface area contributed by atoms with Crippen LogP contribution in [0.1, 0.15) is 20.1 Å². The SMILES string of the molecule is C#C[C@@]1(O)[C@@H](CO)O[C@@H](n2ccc(N)nc2=O)[C@@H]1O[Si](C)(C)C(C)C. The summed E-state index contributed by atoms with van der Waals surface area (Å²) in [7, 11) is -2.27. The van der Waals surface area contributed by atoms with Crippen LogP contribution in [0.3, 0.4) is 0 Å². The van der Waals surface area contributed by atoms with Crippen molar-refractivity contribution in [3.05, 3.63) is 22.7 Å². The zero-order chi connectivity index (χ0) is 19.0. The van der Waals surface area contributed by atoms with Gasteiger partial charge >= 0.3 is 5.69 Å². The lowest BCUT2D eigenvalue weighted by molar-refractivity contribution is -0.0624. The summed E-state index contributed by atoms with van der Waals surface area (Å²) in [5.74, 6) is 2.36. The molecule has 0 unspecified atom stereocenters. The number of nitrogen functional groups attached to an aromatic ring is 1. The first kappa shape index (κ1) is 19.6. The summed E-state index contributed by atoms with van der Waals surface area (Å²) in [6, 6.07) is 1.44. The van der Waals surface area contributed by atoms with Crippen molar-refractivity contribution >= 4 is 14.1 Å². The molecule has 0 spiro atoms. The topological polar surface area (TPSA) is 120 Å². The molecule has 1 aromatic heterocycles. The minimum Gasteiger partial charge on any atom is -0.406 e. The van der Waals surface area contributed by atoms with E-state index in [4.69, 9.17) is 21.3 Å². The molecule has 2 heterocycles. The van der Waals surface area contributed by atoms with Gasteiger partial charge in [0.25, 0.3) is 0 Å². The van der Waals surface area contributed by atoms with Crippen molar-refractivity contribution in [2.45, 2.75) is 56.5 Å². The lowest BCUT2D eigenvalue weighted by Crippen LogP contribution is -2.54. The third-order valence-electron chi connectivity index (χ3n) is 4.83. The van der Waals surface area contributed by atoms with Gasteiger partial charge in [-0.3, -0.25) is 4.57 Å². The van der Waals surface area contributed by atoms with E-state index >= 15 is 0 Å². The minimum atomic E-state index is -2.27. The second-order valence-corrected chi connectivity index (χ2v) is 11.6. The van der Waals surface area contributed by atoms with Gasteiger partial charge in [-0.05, 0) is 24.7 Å². The number of nitrogens with two attached hydrogens (primary N) is 1. The molecule has 0 aromatic carbocycles. The molecule has 0 radical (unpaired) electrons. The predicted octanol–water partition coefficient (Wildman–Crippen LogP) is 0.0798. The molecule has 1 aliphatic rings. The first-order chi connectivity index (χ1) is 11.6. The highest BCUT2D eigenvalue weighted by atomic mass is 28.4. The molecule has 138 valence electrons. The Balaban J connectivity index is 2.53. The van der Waals surface area contributed by atoms with Gasteiger partial charge in [0, 0.05) is 6.20 Å². The Hall–Kier alpha value is -1.70. The third kappa shape index (κ3) is 3.49. The maximum Gasteiger partial charge on any atom is 0.351 e. The molecule has 0 aliphatic carbocycles. The van der Waals surface area contributed by atoms with E-state index in [2.05, 4.69) is 10.9 Å². The van der Waals surface area contributed by atoms with E-state index in [9.17, 15) is 15.0 Å². The Bertz CT molecular complexity index is 729. The zero-order valence-corrected chi connectivity index (χ0v) is 15.8. The molecular formula is C16H25N3O5Si. The standard InChI is InChI=1S/C16H25N3O5Si/c1-6-16(22)11(9-20)23-14(13(16)24-25(4,5)10(2)3)19-8-7-12(17)18-15(19)21/h1,7-8,10-11,13-14,20,22H,9H2,2-5H3,(H2,17,18,21)/t11-,13+,14-,16-/m1/s1. The Labute approximate surface area is 147 Å². The molecule has 1 saturated heterocycles. The predicted molar refractivity (Wildman–Crippen MR) is 95.1 cm³/mol. The van der Waals surface area contributed by atoms with Crippen LogP contribution in [0.15, 0.2) is 17.1 Å². The molecule has 1 aromatic rings. The molecule has 0 amide bonds. The van der Waals surface area contributed by atoms with Gasteiger partial charge in [-0.1, -0.05) is 19.8 Å². The summed E-state index contributed by atoms with van der Waals surface area (Å²) in [6.45, 7) is 7.50. The lowest BCUT2D eigenvalue weighted by Gasteiger charge is -2.37. The van der Waals surface area contributed by atoms with Crippen molar-refractivity contribution in [3.63, 3.8) is 0 Å². The molecule has 0 bridgehead atoms. The maximum atomic E-state index is 12.2. The van der Waals surface area contributed by atoms with Crippen LogP contribution < -0.4 is 11.4 Å². The smallest absolute Gasteiger partial charge is 0.351 e. The van der Waals surface area contributed by atoms with Crippen LogP contribution in [0, 0.1) is 12.3 Å². The van der Waals surface area contributed by atoms with E-state index in [1.165, 1.54) is 16.8 Å². The summed E-state index contributed by atoms with van der Waals surface area (Å²) >= 11 is 0. The van der Waals surface area contributed by atoms with Crippen molar-refractivity contribution in [3.8, 4) is 12.3 Å². The molecule has 4 N–H and O–H groups in total. The van der Waals surface area contributed by atoms with Crippen molar-refractivity contribution in [2.75, 3.05) is 12.3 Å². The average Bonchev–Trinajstić information content (AvgIpc) is 2.80. The van der Waals surface area contributed by atoms with Crippen molar-refractivity contribution < 1.29 is 19.4 Å². The number of hydrogen-bond acceptors (Lipinski definition) is 7. The van der Waals surface area contributed by atoms with E-state index in [-0.39, 0.29) is 11.4 Å². The fourth-order valence-electron chi connectivity index (χ4n) is 2.54. The quantitative estimate of drug-likeness (QED) is 0.498. The summed E-state index contributed by atoms with van der Waals surface area (Å²) in [4.78, 5) is 15.9. The molecule has 25 heavy (non-hydrogen) atoms. The van der Waals surface area contributed by atoms with E-state index < -0.39 is 44.7 Å². The van der Waals surface area contributed by atoms with Gasteiger partial charge in [0.15, 0.2) is 20.1 Å². The van der Waals surface area contributed by atoms with Crippen LogP contribution >= 0.6 is 0 Å². The molecule has 1 aliphatic heterocycles. The number of aromatic nitrogens is 2. The van der Waals surface area contributed by atoms with Crippen molar-refractivity contribution in [1.29, 1.82) is 0 Å². The van der Waals surface area contributed by atoms with Gasteiger partial charge in [-0.2, -0.15) is 4.98 Å². The molecule has 9 heteroatoms. The lowest BCUT2D eigenvalue weighted by atomic mass is 9.93. The number of rotatable bonds is 5. The maximum absolute atomic E-state index is 12.2. The van der Waals surface area contributed by atoms with Crippen LogP contribution in [0.5, 0.6) is 0 Å². The van der Waals surface area contributed by atoms with E-state index in [1.807, 2.05) is 26.9 Å². The Kier molecular flexibility index (Phi) is 5.41. The van der Waals surface area contributed by atoms with Gasteiger partial charge < -0.3 is 25.1 Å². The van der Waals surface area contributed by atoms with Gasteiger partial charge in [-0.25, -0.2) is 4.79 Å². The van der Waals surface area contributed by atoms with Crippen molar-refractivity contribution in [2.24, 2.45) is 0 Å². The number of ether oxygens (including phenoxy) is 1. The number of hydrogen-bond donors (Lipinski definition) is 3. The molecule has 8 nitrogen and oxygen atoms in total. The average molecular weight is 367 g/mol. The molecule has 2 rings (SSSR count). The second-order valence-electron chi connectivity index (χ2n) is 7.01. The highest BCUT2D eigenvalue weighted by Crippen LogP contribution is 2.41. The largest absolute Gasteiger partial charge is 0.406 e. The molecular weight excluding hydrogens is 342 g/mol. The van der Waals surface area contributed by atoms with Crippen LogP contribution in [-0.2, 0) is 9.16 Å². The van der Waals surface area contributed by atoms with Crippen LogP contribution in [-0.4, -0.2) is 52.5 Å². The zero-order valence-electron chi connectivity index (χ0n) is 14.8. The number of aliphatic hydroxyl groups is 2. The third-order valence-corrected chi connectivity index (χ3v) is 8.47. The Morgan fingerprint density at radius 2 is 2.24 bits per heavy atom. The number of aliphatic hydroxyl groups excluding tert-OH is 1. The van der Waals surface area contributed by atoms with Gasteiger partial charge in [0.05, 0.1) is 6.61 Å². The summed E-state index contributed by atoms with van der Waals surface area (Å²) in [6.07, 6.45) is 3.81. The fraction of sp³-hybridized carbons (Fsp3) is 0.625. The van der Waals surface area contributed by atoms with Crippen molar-refractivity contribution in [1.82, 2.24) is 9.55 Å². The summed E-state index contributed by atoms with van der Waals surface area (Å²) in [5.41, 5.74) is 3.22. The van der Waals surface area contributed by atoms with Crippen LogP contribution in [0.2, 0.25) is 18.6 Å². The molecule has 1 fully saturated rings. The fourth-order valence-corrected chi connectivity index (χ4v) is 3.77. The van der Waals surface area contributed by atoms with E-state index in [1.54, 1.807) is 0 Å². The number of anilines is 1. The molecule has 4 atom stereocenters. The first-order valence-electron chi connectivity index (χ1n) is 8.05. The van der Waals surface area contributed by atoms with Gasteiger partial charge in [0.2, 0.25) is 0 Å². The van der Waals surface area contributed by atoms with Crippen LogP contribution in [0.25, 0.3) is 0 Å². The first-order valence-corrected chi connectivity index (χ1v) is 11.0. The van der Waals surface area contributed by atoms with E-state index in [0.717, 1.165) is 0 Å². The summed E-state index contributed by atoms with van der Waals surface area (Å²) in [5, 5.41) is 20.5. The van der Waals surface area contributed by atoms with Gasteiger partial charge in [0.1, 0.15) is 18.0 Å². The van der Waals surface area contributed by atoms with Crippen LogP contribution in [0.4, 0.5) is 5.82 Å². The second kappa shape index (κ2) is 6.90. The summed E-state index contributed by atoms with van der Waals surface area (Å²) < 4.78 is 13.1. The highest BCUT2D eigenvalue weighted by Gasteiger charge is 2.58. The molecule has 0 saturated carbocycles. The monoisotopic (exact) mass is 367 g/mol. The Morgan fingerprint density at radius 1 is 1.60 bits per heavy atom. The van der Waals surface area contributed by atoms with Gasteiger partial charge in [-0.15, -0.1) is 6.42 Å². The minimum absolute atomic E-state index is 0.0690. The Morgan fingerprint density at radius 3 is 2.72 bits per heavy atom. The number of nitrogens with zero attached hydrogens (tertiary/aromatic N) is 2.